The van der Waals surface area contributed by atoms with Gasteiger partial charge < -0.3 is 0 Å². The third-order valence-electron chi connectivity index (χ3n) is 3.80. The molecule has 0 saturated carbocycles. The Bertz CT molecular complexity index is 1110. The van der Waals surface area contributed by atoms with Gasteiger partial charge in [-0.2, -0.15) is 0 Å². The summed E-state index contributed by atoms with van der Waals surface area (Å²) in [5.74, 6) is 11.6. The first-order chi connectivity index (χ1) is 13.9. The van der Waals surface area contributed by atoms with E-state index < -0.39 is 0 Å². The fraction of sp³-hybridized carbons (Fsp3) is 0. The molecule has 0 amide bonds. The van der Waals surface area contributed by atoms with Crippen LogP contribution in [-0.2, 0) is 0 Å². The molecule has 0 aliphatic heterocycles. The third kappa shape index (κ3) is 4.27. The molecule has 0 fully saturated rings. The molecule has 0 saturated heterocycles. The summed E-state index contributed by atoms with van der Waals surface area (Å²) in [5.41, 5.74) is 4.48. The van der Waals surface area contributed by atoms with Gasteiger partial charge in [-0.3, -0.25) is 9.97 Å². The quantitative estimate of drug-likeness (QED) is 0.508. The van der Waals surface area contributed by atoms with E-state index in [1.807, 2.05) is 72.8 Å². The Hall–Kier alpha value is -4.28. The lowest BCUT2D eigenvalue weighted by Crippen LogP contribution is -1.89. The number of pyridine rings is 4. The molecule has 4 heteroatoms. The highest BCUT2D eigenvalue weighted by Gasteiger charge is 2.00. The summed E-state index contributed by atoms with van der Waals surface area (Å²) in [6, 6.07) is 22.8. The van der Waals surface area contributed by atoms with Gasteiger partial charge in [0.2, 0.25) is 0 Å². The highest BCUT2D eigenvalue weighted by molar-refractivity contribution is 5.56. The van der Waals surface area contributed by atoms with E-state index in [4.69, 9.17) is 0 Å². The second-order valence-corrected chi connectivity index (χ2v) is 5.75. The summed E-state index contributed by atoms with van der Waals surface area (Å²) in [6.07, 6.45) is 3.49. The maximum Gasteiger partial charge on any atom is 0.114 e. The molecule has 0 unspecified atom stereocenters. The average Bonchev–Trinajstić information content (AvgIpc) is 2.78. The van der Waals surface area contributed by atoms with E-state index in [-0.39, 0.29) is 0 Å². The molecule has 4 nitrogen and oxygen atoms in total. The Kier molecular flexibility index (Phi) is 5.15. The van der Waals surface area contributed by atoms with Crippen LogP contribution in [0.4, 0.5) is 0 Å². The van der Waals surface area contributed by atoms with Crippen LogP contribution in [0.1, 0.15) is 11.4 Å². The zero-order chi connectivity index (χ0) is 19.0. The minimum absolute atomic E-state index is 0.646. The van der Waals surface area contributed by atoms with Crippen LogP contribution < -0.4 is 0 Å². The maximum atomic E-state index is 4.51. The number of hydrogen-bond donors (Lipinski definition) is 0. The normalized spacial score (nSPS) is 9.57. The standard InChI is InChI=1S/C24H14N4/c1(9-19-11-7-15-23(27-19)21-13-3-5-17-25-21)2-10-20-12-8-16-24(28-20)22-14-4-6-18-26-22/h3-8,11-18H. The molecule has 4 heterocycles. The first-order valence-corrected chi connectivity index (χ1v) is 8.67. The monoisotopic (exact) mass is 358 g/mol. The summed E-state index contributed by atoms with van der Waals surface area (Å²) in [7, 11) is 0. The molecule has 4 aromatic heterocycles. The van der Waals surface area contributed by atoms with Gasteiger partial charge in [0.05, 0.1) is 22.8 Å². The largest absolute Gasteiger partial charge is 0.255 e. The van der Waals surface area contributed by atoms with Gasteiger partial charge >= 0.3 is 0 Å². The molecule has 4 aromatic rings. The molecular formula is C24H14N4. The van der Waals surface area contributed by atoms with E-state index >= 15 is 0 Å². The van der Waals surface area contributed by atoms with Gasteiger partial charge in [-0.05, 0) is 72.2 Å². The SMILES string of the molecule is C(C#Cc1cccc(-c2ccccn2)n1)#Cc1cccc(-c2ccccn2)n1. The Morgan fingerprint density at radius 2 is 0.929 bits per heavy atom. The summed E-state index contributed by atoms with van der Waals surface area (Å²) >= 11 is 0. The first-order valence-electron chi connectivity index (χ1n) is 8.67. The van der Waals surface area contributed by atoms with Crippen molar-refractivity contribution in [3.8, 4) is 46.5 Å². The second kappa shape index (κ2) is 8.40. The van der Waals surface area contributed by atoms with Crippen molar-refractivity contribution in [3.05, 3.63) is 96.6 Å². The average molecular weight is 358 g/mol. The Morgan fingerprint density at radius 1 is 0.464 bits per heavy atom. The Balaban J connectivity index is 1.53. The molecule has 0 spiro atoms. The van der Waals surface area contributed by atoms with Gasteiger partial charge in [0.25, 0.3) is 0 Å². The zero-order valence-corrected chi connectivity index (χ0v) is 14.9. The van der Waals surface area contributed by atoms with E-state index in [2.05, 4.69) is 43.6 Å². The minimum atomic E-state index is 0.646. The van der Waals surface area contributed by atoms with Crippen LogP contribution >= 0.6 is 0 Å². The van der Waals surface area contributed by atoms with E-state index in [1.54, 1.807) is 12.4 Å². The van der Waals surface area contributed by atoms with Crippen molar-refractivity contribution in [3.63, 3.8) is 0 Å². The first kappa shape index (κ1) is 17.1. The molecule has 0 radical (unpaired) electrons. The van der Waals surface area contributed by atoms with Crippen LogP contribution in [0.15, 0.2) is 85.2 Å². The Labute approximate surface area is 163 Å². The topological polar surface area (TPSA) is 51.6 Å². The van der Waals surface area contributed by atoms with Crippen molar-refractivity contribution in [2.45, 2.75) is 0 Å². The van der Waals surface area contributed by atoms with Gasteiger partial charge in [0, 0.05) is 12.4 Å². The van der Waals surface area contributed by atoms with E-state index in [9.17, 15) is 0 Å². The number of aromatic nitrogens is 4. The number of rotatable bonds is 2. The van der Waals surface area contributed by atoms with Crippen molar-refractivity contribution in [2.24, 2.45) is 0 Å². The van der Waals surface area contributed by atoms with Gasteiger partial charge in [0.15, 0.2) is 0 Å². The Morgan fingerprint density at radius 3 is 1.36 bits per heavy atom. The highest BCUT2D eigenvalue weighted by atomic mass is 14.8. The van der Waals surface area contributed by atoms with Gasteiger partial charge in [-0.25, -0.2) is 9.97 Å². The van der Waals surface area contributed by atoms with E-state index in [0.29, 0.717) is 11.4 Å². The van der Waals surface area contributed by atoms with E-state index in [1.165, 1.54) is 0 Å². The van der Waals surface area contributed by atoms with Crippen LogP contribution in [0.2, 0.25) is 0 Å². The van der Waals surface area contributed by atoms with Crippen LogP contribution in [0, 0.1) is 23.7 Å². The van der Waals surface area contributed by atoms with Gasteiger partial charge in [-0.1, -0.05) is 24.3 Å². The van der Waals surface area contributed by atoms with Crippen LogP contribution in [0.25, 0.3) is 22.8 Å². The van der Waals surface area contributed by atoms with Crippen LogP contribution in [-0.4, -0.2) is 19.9 Å². The van der Waals surface area contributed by atoms with Crippen molar-refractivity contribution in [1.82, 2.24) is 19.9 Å². The summed E-state index contributed by atoms with van der Waals surface area (Å²) < 4.78 is 0. The van der Waals surface area contributed by atoms with Crippen LogP contribution in [0.5, 0.6) is 0 Å². The van der Waals surface area contributed by atoms with Gasteiger partial charge in [-0.15, -0.1) is 0 Å². The molecule has 0 N–H and O–H groups in total. The predicted molar refractivity (Wildman–Crippen MR) is 109 cm³/mol. The maximum absolute atomic E-state index is 4.51. The summed E-state index contributed by atoms with van der Waals surface area (Å²) in [4.78, 5) is 17.6. The lowest BCUT2D eigenvalue weighted by atomic mass is 10.2. The molecule has 0 aromatic carbocycles. The van der Waals surface area contributed by atoms with Crippen molar-refractivity contribution < 1.29 is 0 Å². The number of hydrogen-bond acceptors (Lipinski definition) is 4. The molecule has 130 valence electrons. The van der Waals surface area contributed by atoms with Crippen LogP contribution in [0.3, 0.4) is 0 Å². The molecule has 0 bridgehead atoms. The molecule has 0 aliphatic carbocycles. The van der Waals surface area contributed by atoms with Gasteiger partial charge in [0.1, 0.15) is 11.4 Å². The molecule has 4 rings (SSSR count). The summed E-state index contributed by atoms with van der Waals surface area (Å²) in [5, 5.41) is 0. The fourth-order valence-electron chi connectivity index (χ4n) is 2.51. The lowest BCUT2D eigenvalue weighted by Gasteiger charge is -1.99. The van der Waals surface area contributed by atoms with Crippen molar-refractivity contribution in [1.29, 1.82) is 0 Å². The zero-order valence-electron chi connectivity index (χ0n) is 14.9. The van der Waals surface area contributed by atoms with Crippen molar-refractivity contribution in [2.75, 3.05) is 0 Å². The fourth-order valence-corrected chi connectivity index (χ4v) is 2.51. The molecule has 28 heavy (non-hydrogen) atoms. The predicted octanol–water partition coefficient (Wildman–Crippen LogP) is 4.00. The summed E-state index contributed by atoms with van der Waals surface area (Å²) in [6.45, 7) is 0. The second-order valence-electron chi connectivity index (χ2n) is 5.75. The molecule has 0 aliphatic rings. The van der Waals surface area contributed by atoms with E-state index in [0.717, 1.165) is 22.8 Å². The number of nitrogens with zero attached hydrogens (tertiary/aromatic N) is 4. The minimum Gasteiger partial charge on any atom is -0.255 e. The highest BCUT2D eigenvalue weighted by Crippen LogP contribution is 2.14. The van der Waals surface area contributed by atoms with Crippen molar-refractivity contribution >= 4 is 0 Å². The third-order valence-corrected chi connectivity index (χ3v) is 3.80. The lowest BCUT2D eigenvalue weighted by molar-refractivity contribution is 1.23. The smallest absolute Gasteiger partial charge is 0.114 e. The molecule has 0 atom stereocenters. The molecular weight excluding hydrogens is 344 g/mol.